The van der Waals surface area contributed by atoms with Gasteiger partial charge in [0.25, 0.3) is 0 Å². The van der Waals surface area contributed by atoms with Crippen molar-refractivity contribution in [2.75, 3.05) is 0 Å². The second-order valence-electron chi connectivity index (χ2n) is 5.35. The number of hydrogen-bond acceptors (Lipinski definition) is 2. The van der Waals surface area contributed by atoms with Gasteiger partial charge in [0.1, 0.15) is 0 Å². The summed E-state index contributed by atoms with van der Waals surface area (Å²) in [6, 6.07) is 0. The van der Waals surface area contributed by atoms with Crippen LogP contribution in [0.3, 0.4) is 0 Å². The van der Waals surface area contributed by atoms with E-state index in [1.807, 2.05) is 6.92 Å². The minimum atomic E-state index is -0.321. The quantitative estimate of drug-likeness (QED) is 0.650. The van der Waals surface area contributed by atoms with Crippen molar-refractivity contribution < 1.29 is 10.2 Å². The van der Waals surface area contributed by atoms with Gasteiger partial charge in [-0.15, -0.1) is 0 Å². The van der Waals surface area contributed by atoms with Crippen molar-refractivity contribution >= 4 is 0 Å². The average molecular weight is 214 g/mol. The van der Waals surface area contributed by atoms with E-state index in [0.717, 1.165) is 25.7 Å². The highest BCUT2D eigenvalue weighted by molar-refractivity contribution is 4.76. The molecule has 0 amide bonds. The van der Waals surface area contributed by atoms with Crippen LogP contribution in [0.1, 0.15) is 71.1 Å². The highest BCUT2D eigenvalue weighted by Crippen LogP contribution is 2.26. The Morgan fingerprint density at radius 3 is 1.60 bits per heavy atom. The van der Waals surface area contributed by atoms with Crippen LogP contribution >= 0.6 is 0 Å². The topological polar surface area (TPSA) is 40.5 Å². The van der Waals surface area contributed by atoms with E-state index >= 15 is 0 Å². The summed E-state index contributed by atoms with van der Waals surface area (Å²) in [6.45, 7) is 1.94. The minimum Gasteiger partial charge on any atom is -0.393 e. The van der Waals surface area contributed by atoms with Crippen LogP contribution in [0.5, 0.6) is 0 Å². The Morgan fingerprint density at radius 2 is 1.33 bits per heavy atom. The van der Waals surface area contributed by atoms with Crippen molar-refractivity contribution in [1.29, 1.82) is 0 Å². The molecule has 2 heteroatoms. The first kappa shape index (κ1) is 13.0. The maximum atomic E-state index is 9.37. The van der Waals surface area contributed by atoms with Crippen molar-refractivity contribution in [3.8, 4) is 0 Å². The van der Waals surface area contributed by atoms with Crippen molar-refractivity contribution in [2.24, 2.45) is 0 Å². The lowest BCUT2D eigenvalue weighted by atomic mass is 9.87. The summed E-state index contributed by atoms with van der Waals surface area (Å²) < 4.78 is 0. The van der Waals surface area contributed by atoms with E-state index in [2.05, 4.69) is 0 Å². The Hall–Kier alpha value is -0.0800. The zero-order chi connectivity index (χ0) is 11.1. The van der Waals surface area contributed by atoms with Crippen LogP contribution in [-0.2, 0) is 0 Å². The molecule has 0 aromatic rings. The molecule has 2 nitrogen and oxygen atoms in total. The van der Waals surface area contributed by atoms with Gasteiger partial charge >= 0.3 is 0 Å². The van der Waals surface area contributed by atoms with Gasteiger partial charge in [0.15, 0.2) is 0 Å². The monoisotopic (exact) mass is 214 g/mol. The molecule has 2 aliphatic carbocycles. The zero-order valence-corrected chi connectivity index (χ0v) is 10.0. The molecular weight excluding hydrogens is 188 g/mol. The molecule has 0 aliphatic heterocycles. The molecule has 2 saturated carbocycles. The minimum absolute atomic E-state index is 0.0359. The van der Waals surface area contributed by atoms with Gasteiger partial charge in [0.2, 0.25) is 0 Å². The number of aliphatic hydroxyl groups is 2. The van der Waals surface area contributed by atoms with Crippen LogP contribution in [-0.4, -0.2) is 21.9 Å². The van der Waals surface area contributed by atoms with Crippen LogP contribution in [0.15, 0.2) is 0 Å². The van der Waals surface area contributed by atoms with Crippen molar-refractivity contribution in [3.63, 3.8) is 0 Å². The van der Waals surface area contributed by atoms with Crippen LogP contribution in [0, 0.1) is 0 Å². The summed E-state index contributed by atoms with van der Waals surface area (Å²) in [5, 5.41) is 18.3. The van der Waals surface area contributed by atoms with Crippen LogP contribution in [0.2, 0.25) is 0 Å². The molecule has 0 saturated heterocycles. The highest BCUT2D eigenvalue weighted by Gasteiger charge is 2.22. The molecule has 2 aliphatic rings. The average Bonchev–Trinajstić information content (AvgIpc) is 2.19. The third kappa shape index (κ3) is 6.16. The fraction of sp³-hybridized carbons (Fsp3) is 1.00. The molecule has 0 radical (unpaired) electrons. The van der Waals surface area contributed by atoms with Gasteiger partial charge < -0.3 is 10.2 Å². The second-order valence-corrected chi connectivity index (χ2v) is 5.35. The molecule has 0 heterocycles. The van der Waals surface area contributed by atoms with Gasteiger partial charge in [-0.25, -0.2) is 0 Å². The van der Waals surface area contributed by atoms with E-state index in [1.54, 1.807) is 0 Å². The van der Waals surface area contributed by atoms with Gasteiger partial charge in [-0.3, -0.25) is 0 Å². The fourth-order valence-corrected chi connectivity index (χ4v) is 2.39. The van der Waals surface area contributed by atoms with E-state index < -0.39 is 0 Å². The Bertz CT molecular complexity index is 152. The lowest BCUT2D eigenvalue weighted by molar-refractivity contribution is 0.0225. The third-order valence-electron chi connectivity index (χ3n) is 3.51. The Labute approximate surface area is 93.7 Å². The molecule has 0 aromatic carbocycles. The lowest BCUT2D eigenvalue weighted by Crippen LogP contribution is -2.26. The molecule has 0 aromatic heterocycles. The van der Waals surface area contributed by atoms with Gasteiger partial charge in [0, 0.05) is 0 Å². The summed E-state index contributed by atoms with van der Waals surface area (Å²) in [5.41, 5.74) is -0.321. The van der Waals surface area contributed by atoms with Gasteiger partial charge in [-0.1, -0.05) is 38.5 Å². The molecule has 0 bridgehead atoms. The largest absolute Gasteiger partial charge is 0.393 e. The molecule has 2 N–H and O–H groups in total. The predicted octanol–water partition coefficient (Wildman–Crippen LogP) is 3.01. The summed E-state index contributed by atoms with van der Waals surface area (Å²) in [6.07, 6.45) is 11.7. The lowest BCUT2D eigenvalue weighted by Gasteiger charge is -2.27. The first-order valence-electron chi connectivity index (χ1n) is 6.51. The van der Waals surface area contributed by atoms with Crippen molar-refractivity contribution in [2.45, 2.75) is 82.8 Å². The Balaban J connectivity index is 0.000000151. The van der Waals surface area contributed by atoms with E-state index in [1.165, 1.54) is 38.5 Å². The van der Waals surface area contributed by atoms with Gasteiger partial charge in [-0.05, 0) is 32.6 Å². The molecule has 2 fully saturated rings. The molecule has 0 spiro atoms. The summed E-state index contributed by atoms with van der Waals surface area (Å²) >= 11 is 0. The van der Waals surface area contributed by atoms with E-state index in [4.69, 9.17) is 5.11 Å². The summed E-state index contributed by atoms with van der Waals surface area (Å²) in [4.78, 5) is 0. The second kappa shape index (κ2) is 6.49. The number of aliphatic hydroxyl groups excluding tert-OH is 1. The molecule has 0 unspecified atom stereocenters. The number of rotatable bonds is 0. The maximum Gasteiger partial charge on any atom is 0.0619 e. The first-order chi connectivity index (χ1) is 7.10. The fourth-order valence-electron chi connectivity index (χ4n) is 2.39. The Kier molecular flexibility index (Phi) is 5.62. The van der Waals surface area contributed by atoms with Gasteiger partial charge in [-0.2, -0.15) is 0 Å². The molecule has 90 valence electrons. The standard InChI is InChI=1S/C7H14O.C6H12O/c1-7(8)5-3-2-4-6-7;7-6-4-2-1-3-5-6/h8H,2-6H2,1H3;6-7H,1-5H2. The van der Waals surface area contributed by atoms with E-state index in [0.29, 0.717) is 0 Å². The first-order valence-corrected chi connectivity index (χ1v) is 6.51. The Morgan fingerprint density at radius 1 is 0.867 bits per heavy atom. The molecule has 15 heavy (non-hydrogen) atoms. The molecule has 0 atom stereocenters. The molecule has 2 rings (SSSR count). The SMILES string of the molecule is CC1(O)CCCCC1.OC1CCCCC1. The smallest absolute Gasteiger partial charge is 0.0619 e. The third-order valence-corrected chi connectivity index (χ3v) is 3.51. The van der Waals surface area contributed by atoms with Crippen LogP contribution in [0.4, 0.5) is 0 Å². The molecular formula is C13H26O2. The van der Waals surface area contributed by atoms with E-state index in [9.17, 15) is 5.11 Å². The van der Waals surface area contributed by atoms with Crippen molar-refractivity contribution in [1.82, 2.24) is 0 Å². The highest BCUT2D eigenvalue weighted by atomic mass is 16.3. The maximum absolute atomic E-state index is 9.37. The van der Waals surface area contributed by atoms with Crippen molar-refractivity contribution in [3.05, 3.63) is 0 Å². The normalized spacial score (nSPS) is 26.6. The summed E-state index contributed by atoms with van der Waals surface area (Å²) in [5.74, 6) is 0. The zero-order valence-electron chi connectivity index (χ0n) is 10.0. The van der Waals surface area contributed by atoms with Gasteiger partial charge in [0.05, 0.1) is 11.7 Å². The van der Waals surface area contributed by atoms with Crippen LogP contribution in [0.25, 0.3) is 0 Å². The van der Waals surface area contributed by atoms with E-state index in [-0.39, 0.29) is 11.7 Å². The van der Waals surface area contributed by atoms with Crippen LogP contribution < -0.4 is 0 Å². The summed E-state index contributed by atoms with van der Waals surface area (Å²) in [7, 11) is 0. The predicted molar refractivity (Wildman–Crippen MR) is 62.8 cm³/mol. The number of hydrogen-bond donors (Lipinski definition) is 2.